The largest absolute Gasteiger partial charge is 0.426 e. The topological polar surface area (TPSA) is 88.4 Å². The van der Waals surface area contributed by atoms with Gasteiger partial charge in [0, 0.05) is 23.6 Å². The van der Waals surface area contributed by atoms with E-state index in [4.69, 9.17) is 26.3 Å². The fraction of sp³-hybridized carbons (Fsp3) is 0.190. The maximum Gasteiger partial charge on any atom is 0.321 e. The van der Waals surface area contributed by atoms with E-state index >= 15 is 0 Å². The molecule has 0 atom stereocenters. The summed E-state index contributed by atoms with van der Waals surface area (Å²) in [6, 6.07) is 15.6. The third kappa shape index (κ3) is 8.00. The number of carbonyl (C=O) groups is 2. The average Bonchev–Trinajstić information content (AvgIpc) is 2.73. The van der Waals surface area contributed by atoms with Crippen molar-refractivity contribution in [3.05, 3.63) is 64.7 Å². The zero-order chi connectivity index (χ0) is 21.1. The normalized spacial score (nSPS) is 10.9. The molecule has 6 nitrogen and oxygen atoms in total. The lowest BCUT2D eigenvalue weighted by atomic mass is 10.1. The molecule has 0 aromatic heterocycles. The number of methoxy groups -OCH3 is 1. The Bertz CT molecular complexity index is 906. The molecule has 0 unspecified atom stereocenters. The molecule has 0 aliphatic rings. The summed E-state index contributed by atoms with van der Waals surface area (Å²) in [7, 11) is 1.53. The first-order chi connectivity index (χ1) is 14.0. The number of halogens is 1. The van der Waals surface area contributed by atoms with Gasteiger partial charge in [-0.15, -0.1) is 11.8 Å². The minimum Gasteiger partial charge on any atom is -0.426 e. The maximum absolute atomic E-state index is 12.0. The highest BCUT2D eigenvalue weighted by atomic mass is 35.5. The Morgan fingerprint density at radius 2 is 1.86 bits per heavy atom. The number of esters is 1. The number of amides is 1. The Morgan fingerprint density at radius 3 is 2.48 bits per heavy atom. The molecule has 0 aliphatic carbocycles. The fourth-order valence-electron chi connectivity index (χ4n) is 2.14. The third-order valence-corrected chi connectivity index (χ3v) is 4.79. The first-order valence-corrected chi connectivity index (χ1v) is 9.96. The van der Waals surface area contributed by atoms with Crippen molar-refractivity contribution in [2.75, 3.05) is 26.0 Å². The van der Waals surface area contributed by atoms with Gasteiger partial charge in [0.2, 0.25) is 0 Å². The molecule has 2 rings (SSSR count). The molecule has 0 saturated carbocycles. The van der Waals surface area contributed by atoms with Crippen LogP contribution in [0.3, 0.4) is 0 Å². The SMILES string of the molecule is COCCNC(=O)/C(C#N)=C/c1ccc(OC(=O)CSc2ccc(Cl)cc2)cc1. The number of rotatable bonds is 9. The van der Waals surface area contributed by atoms with E-state index in [-0.39, 0.29) is 17.3 Å². The summed E-state index contributed by atoms with van der Waals surface area (Å²) in [5.74, 6) is -0.321. The summed E-state index contributed by atoms with van der Waals surface area (Å²) >= 11 is 7.18. The van der Waals surface area contributed by atoms with Crippen molar-refractivity contribution in [2.24, 2.45) is 0 Å². The van der Waals surface area contributed by atoms with E-state index in [0.717, 1.165) is 4.90 Å². The molecule has 1 amide bonds. The van der Waals surface area contributed by atoms with Crippen LogP contribution in [0.2, 0.25) is 5.02 Å². The molecule has 2 aromatic carbocycles. The monoisotopic (exact) mass is 430 g/mol. The van der Waals surface area contributed by atoms with Crippen LogP contribution in [-0.2, 0) is 14.3 Å². The Morgan fingerprint density at radius 1 is 1.17 bits per heavy atom. The van der Waals surface area contributed by atoms with Crippen molar-refractivity contribution in [3.8, 4) is 11.8 Å². The van der Waals surface area contributed by atoms with Gasteiger partial charge in [-0.25, -0.2) is 0 Å². The van der Waals surface area contributed by atoms with Crippen LogP contribution < -0.4 is 10.1 Å². The number of nitrogens with one attached hydrogen (secondary N) is 1. The number of hydrogen-bond donors (Lipinski definition) is 1. The number of nitrogens with zero attached hydrogens (tertiary/aromatic N) is 1. The molecule has 2 aromatic rings. The van der Waals surface area contributed by atoms with Crippen LogP contribution in [0.5, 0.6) is 5.75 Å². The van der Waals surface area contributed by atoms with Crippen molar-refractivity contribution in [2.45, 2.75) is 4.90 Å². The molecule has 0 spiro atoms. The average molecular weight is 431 g/mol. The molecule has 8 heteroatoms. The summed E-state index contributed by atoms with van der Waals surface area (Å²) in [4.78, 5) is 24.8. The van der Waals surface area contributed by atoms with Gasteiger partial charge in [-0.2, -0.15) is 5.26 Å². The highest BCUT2D eigenvalue weighted by Gasteiger charge is 2.09. The quantitative estimate of drug-likeness (QED) is 0.163. The maximum atomic E-state index is 12.0. The summed E-state index contributed by atoms with van der Waals surface area (Å²) < 4.78 is 10.1. The second kappa shape index (κ2) is 11.9. The summed E-state index contributed by atoms with van der Waals surface area (Å²) in [5.41, 5.74) is 0.615. The van der Waals surface area contributed by atoms with E-state index in [1.807, 2.05) is 18.2 Å². The van der Waals surface area contributed by atoms with Gasteiger partial charge in [0.25, 0.3) is 5.91 Å². The lowest BCUT2D eigenvalue weighted by molar-refractivity contribution is -0.131. The molecule has 150 valence electrons. The van der Waals surface area contributed by atoms with Gasteiger partial charge in [0.05, 0.1) is 12.4 Å². The molecular formula is C21H19ClN2O4S. The summed E-state index contributed by atoms with van der Waals surface area (Å²) in [6.07, 6.45) is 1.46. The summed E-state index contributed by atoms with van der Waals surface area (Å²) in [6.45, 7) is 0.679. The lowest BCUT2D eigenvalue weighted by Gasteiger charge is -2.06. The van der Waals surface area contributed by atoms with Gasteiger partial charge in [0.1, 0.15) is 17.4 Å². The van der Waals surface area contributed by atoms with E-state index in [1.165, 1.54) is 24.9 Å². The van der Waals surface area contributed by atoms with E-state index in [0.29, 0.717) is 29.5 Å². The van der Waals surface area contributed by atoms with E-state index in [9.17, 15) is 9.59 Å². The Labute approximate surface area is 178 Å². The number of hydrogen-bond acceptors (Lipinski definition) is 6. The molecule has 1 N–H and O–H groups in total. The van der Waals surface area contributed by atoms with Crippen molar-refractivity contribution in [1.82, 2.24) is 5.32 Å². The molecule has 0 bridgehead atoms. The smallest absolute Gasteiger partial charge is 0.321 e. The summed E-state index contributed by atoms with van der Waals surface area (Å²) in [5, 5.41) is 12.4. The van der Waals surface area contributed by atoms with Crippen LogP contribution in [0.15, 0.2) is 59.0 Å². The number of ether oxygens (including phenoxy) is 2. The predicted octanol–water partition coefficient (Wildman–Crippen LogP) is 3.71. The molecule has 0 heterocycles. The van der Waals surface area contributed by atoms with E-state index in [1.54, 1.807) is 36.4 Å². The van der Waals surface area contributed by atoms with Crippen molar-refractivity contribution in [3.63, 3.8) is 0 Å². The highest BCUT2D eigenvalue weighted by Crippen LogP contribution is 2.21. The number of thioether (sulfide) groups is 1. The van der Waals surface area contributed by atoms with E-state index < -0.39 is 5.91 Å². The van der Waals surface area contributed by atoms with Crippen LogP contribution in [0.25, 0.3) is 6.08 Å². The first kappa shape index (κ1) is 22.5. The standard InChI is InChI=1S/C21H19ClN2O4S/c1-27-11-10-24-21(26)16(13-23)12-15-2-6-18(7-3-15)28-20(25)14-29-19-8-4-17(22)5-9-19/h2-9,12H,10-11,14H2,1H3,(H,24,26)/b16-12+. The van der Waals surface area contributed by atoms with Gasteiger partial charge < -0.3 is 14.8 Å². The molecule has 0 fully saturated rings. The molecule has 29 heavy (non-hydrogen) atoms. The Balaban J connectivity index is 1.89. The van der Waals surface area contributed by atoms with Gasteiger partial charge >= 0.3 is 5.97 Å². The van der Waals surface area contributed by atoms with Crippen LogP contribution >= 0.6 is 23.4 Å². The molecule has 0 radical (unpaired) electrons. The molecule has 0 saturated heterocycles. The number of nitriles is 1. The number of carbonyl (C=O) groups excluding carboxylic acids is 2. The van der Waals surface area contributed by atoms with Crippen LogP contribution in [0, 0.1) is 11.3 Å². The first-order valence-electron chi connectivity index (χ1n) is 8.60. The third-order valence-electron chi connectivity index (χ3n) is 3.55. The van der Waals surface area contributed by atoms with E-state index in [2.05, 4.69) is 5.32 Å². The highest BCUT2D eigenvalue weighted by molar-refractivity contribution is 8.00. The van der Waals surface area contributed by atoms with Gasteiger partial charge in [-0.05, 0) is 48.0 Å². The van der Waals surface area contributed by atoms with Gasteiger partial charge in [0.15, 0.2) is 0 Å². The predicted molar refractivity (Wildman–Crippen MR) is 113 cm³/mol. The Kier molecular flexibility index (Phi) is 9.25. The van der Waals surface area contributed by atoms with Gasteiger partial charge in [-0.3, -0.25) is 9.59 Å². The van der Waals surface area contributed by atoms with Gasteiger partial charge in [-0.1, -0.05) is 23.7 Å². The minimum atomic E-state index is -0.473. The number of benzene rings is 2. The second-order valence-electron chi connectivity index (χ2n) is 5.70. The lowest BCUT2D eigenvalue weighted by Crippen LogP contribution is -2.27. The molecular weight excluding hydrogens is 412 g/mol. The zero-order valence-electron chi connectivity index (χ0n) is 15.7. The zero-order valence-corrected chi connectivity index (χ0v) is 17.3. The van der Waals surface area contributed by atoms with Crippen LogP contribution in [-0.4, -0.2) is 37.9 Å². The minimum absolute atomic E-state index is 0.0230. The van der Waals surface area contributed by atoms with Crippen molar-refractivity contribution < 1.29 is 19.1 Å². The molecule has 0 aliphatic heterocycles. The van der Waals surface area contributed by atoms with Crippen LogP contribution in [0.4, 0.5) is 0 Å². The second-order valence-corrected chi connectivity index (χ2v) is 7.19. The van der Waals surface area contributed by atoms with Crippen molar-refractivity contribution >= 4 is 41.3 Å². The van der Waals surface area contributed by atoms with Crippen LogP contribution in [0.1, 0.15) is 5.56 Å². The fourth-order valence-corrected chi connectivity index (χ4v) is 2.94. The Hall–Kier alpha value is -2.79. The van der Waals surface area contributed by atoms with Crippen molar-refractivity contribution in [1.29, 1.82) is 5.26 Å².